The second-order valence-corrected chi connectivity index (χ2v) is 8.25. The zero-order chi connectivity index (χ0) is 18.7. The minimum absolute atomic E-state index is 0.0383. The molecule has 0 aromatic carbocycles. The van der Waals surface area contributed by atoms with Gasteiger partial charge in [0.25, 0.3) is 0 Å². The average Bonchev–Trinajstić information content (AvgIpc) is 2.63. The largest absolute Gasteiger partial charge is 0.481 e. The summed E-state index contributed by atoms with van der Waals surface area (Å²) >= 11 is 0. The Kier molecular flexibility index (Phi) is 6.04. The van der Waals surface area contributed by atoms with Crippen molar-refractivity contribution in [2.75, 3.05) is 19.6 Å². The van der Waals surface area contributed by atoms with E-state index in [9.17, 15) is 19.5 Å². The van der Waals surface area contributed by atoms with Crippen molar-refractivity contribution >= 4 is 17.9 Å². The van der Waals surface area contributed by atoms with Crippen molar-refractivity contribution in [1.29, 1.82) is 0 Å². The Morgan fingerprint density at radius 1 is 1.08 bits per heavy atom. The number of aliphatic carboxylic acids is 1. The van der Waals surface area contributed by atoms with Gasteiger partial charge in [-0.2, -0.15) is 0 Å². The van der Waals surface area contributed by atoms with E-state index in [1.807, 2.05) is 11.8 Å². The highest BCUT2D eigenvalue weighted by Gasteiger charge is 2.37. The Balaban J connectivity index is 1.59. The second-order valence-electron chi connectivity index (χ2n) is 8.25. The number of hydrogen-bond donors (Lipinski definition) is 2. The summed E-state index contributed by atoms with van der Waals surface area (Å²) < 4.78 is 0. The molecule has 3 amide bonds. The standard InChI is InChI=1S/C19H31N3O4/c1-13-10-14(18(24)25)12-21(11-13)19(26)20-16-8-5-9-22(17(16)23)15-6-3-2-4-7-15/h13-16H,2-12H2,1H3,(H,20,26)(H,24,25). The van der Waals surface area contributed by atoms with Crippen molar-refractivity contribution in [1.82, 2.24) is 15.1 Å². The van der Waals surface area contributed by atoms with Crippen LogP contribution < -0.4 is 5.32 Å². The predicted octanol–water partition coefficient (Wildman–Crippen LogP) is 2.06. The lowest BCUT2D eigenvalue weighted by atomic mass is 9.90. The highest BCUT2D eigenvalue weighted by molar-refractivity contribution is 5.88. The van der Waals surface area contributed by atoms with Crippen molar-refractivity contribution in [2.24, 2.45) is 11.8 Å². The van der Waals surface area contributed by atoms with Crippen LogP contribution in [0.1, 0.15) is 58.3 Å². The van der Waals surface area contributed by atoms with E-state index in [4.69, 9.17) is 0 Å². The molecular weight excluding hydrogens is 334 g/mol. The average molecular weight is 365 g/mol. The van der Waals surface area contributed by atoms with Crippen LogP contribution in [0.4, 0.5) is 4.79 Å². The van der Waals surface area contributed by atoms with E-state index in [2.05, 4.69) is 5.32 Å². The molecule has 1 saturated carbocycles. The van der Waals surface area contributed by atoms with Crippen LogP contribution in [0.5, 0.6) is 0 Å². The zero-order valence-corrected chi connectivity index (χ0v) is 15.7. The molecule has 0 aromatic rings. The summed E-state index contributed by atoms with van der Waals surface area (Å²) in [6.07, 6.45) is 7.89. The zero-order valence-electron chi connectivity index (χ0n) is 15.7. The van der Waals surface area contributed by atoms with Gasteiger partial charge in [0, 0.05) is 25.7 Å². The first kappa shape index (κ1) is 19.0. The molecule has 2 saturated heterocycles. The van der Waals surface area contributed by atoms with Crippen LogP contribution in [-0.4, -0.2) is 64.5 Å². The Hall–Kier alpha value is -1.79. The van der Waals surface area contributed by atoms with E-state index >= 15 is 0 Å². The van der Waals surface area contributed by atoms with E-state index < -0.39 is 17.9 Å². The maximum atomic E-state index is 12.9. The van der Waals surface area contributed by atoms with E-state index in [0.29, 0.717) is 25.4 Å². The molecule has 0 spiro atoms. The number of nitrogens with zero attached hydrogens (tertiary/aromatic N) is 2. The first-order valence-corrected chi connectivity index (χ1v) is 10.0. The molecule has 0 aromatic heterocycles. The summed E-state index contributed by atoms with van der Waals surface area (Å²) in [5.41, 5.74) is 0. The molecule has 7 nitrogen and oxygen atoms in total. The fourth-order valence-corrected chi connectivity index (χ4v) is 4.73. The van der Waals surface area contributed by atoms with Crippen LogP contribution in [0.2, 0.25) is 0 Å². The number of carboxylic acid groups (broad SMARTS) is 1. The molecule has 0 bridgehead atoms. The Morgan fingerprint density at radius 2 is 1.81 bits per heavy atom. The number of nitrogens with one attached hydrogen (secondary N) is 1. The second kappa shape index (κ2) is 8.27. The quantitative estimate of drug-likeness (QED) is 0.801. The molecule has 3 fully saturated rings. The number of urea groups is 1. The summed E-state index contributed by atoms with van der Waals surface area (Å²) in [4.78, 5) is 40.4. The predicted molar refractivity (Wildman–Crippen MR) is 96.6 cm³/mol. The third-order valence-corrected chi connectivity index (χ3v) is 6.08. The van der Waals surface area contributed by atoms with Gasteiger partial charge in [0.15, 0.2) is 0 Å². The number of likely N-dealkylation sites (tertiary alicyclic amines) is 2. The molecule has 3 aliphatic rings. The minimum Gasteiger partial charge on any atom is -0.481 e. The van der Waals surface area contributed by atoms with Gasteiger partial charge < -0.3 is 20.2 Å². The molecule has 2 N–H and O–H groups in total. The van der Waals surface area contributed by atoms with Crippen LogP contribution >= 0.6 is 0 Å². The van der Waals surface area contributed by atoms with E-state index in [1.165, 1.54) is 19.3 Å². The molecular formula is C19H31N3O4. The summed E-state index contributed by atoms with van der Waals surface area (Å²) in [6.45, 7) is 3.52. The minimum atomic E-state index is -0.855. The summed E-state index contributed by atoms with van der Waals surface area (Å²) in [6, 6.07) is -0.451. The first-order chi connectivity index (χ1) is 12.5. The Bertz CT molecular complexity index is 547. The van der Waals surface area contributed by atoms with Crippen LogP contribution in [0.15, 0.2) is 0 Å². The lowest BCUT2D eigenvalue weighted by Gasteiger charge is -2.41. The molecule has 1 aliphatic carbocycles. The van der Waals surface area contributed by atoms with Gasteiger partial charge in [-0.25, -0.2) is 4.79 Å². The topological polar surface area (TPSA) is 89.9 Å². The monoisotopic (exact) mass is 365 g/mol. The van der Waals surface area contributed by atoms with Crippen molar-refractivity contribution in [3.8, 4) is 0 Å². The van der Waals surface area contributed by atoms with Crippen LogP contribution in [0.25, 0.3) is 0 Å². The maximum absolute atomic E-state index is 12.9. The lowest BCUT2D eigenvalue weighted by molar-refractivity contribution is -0.144. The van der Waals surface area contributed by atoms with E-state index in [-0.39, 0.29) is 24.4 Å². The number of carbonyl (C=O) groups is 3. The smallest absolute Gasteiger partial charge is 0.318 e. The van der Waals surface area contributed by atoms with Crippen LogP contribution in [0.3, 0.4) is 0 Å². The number of hydrogen-bond acceptors (Lipinski definition) is 3. The van der Waals surface area contributed by atoms with Crippen LogP contribution in [0, 0.1) is 11.8 Å². The number of carbonyl (C=O) groups excluding carboxylic acids is 2. The van der Waals surface area contributed by atoms with Crippen molar-refractivity contribution in [3.63, 3.8) is 0 Å². The number of amides is 3. The molecule has 7 heteroatoms. The fourth-order valence-electron chi connectivity index (χ4n) is 4.73. The third kappa shape index (κ3) is 4.30. The molecule has 2 aliphatic heterocycles. The van der Waals surface area contributed by atoms with Gasteiger partial charge >= 0.3 is 12.0 Å². The molecule has 3 atom stereocenters. The van der Waals surface area contributed by atoms with E-state index in [0.717, 1.165) is 25.8 Å². The van der Waals surface area contributed by atoms with Gasteiger partial charge in [-0.15, -0.1) is 0 Å². The Morgan fingerprint density at radius 3 is 2.50 bits per heavy atom. The first-order valence-electron chi connectivity index (χ1n) is 10.0. The highest BCUT2D eigenvalue weighted by Crippen LogP contribution is 2.26. The molecule has 2 heterocycles. The van der Waals surface area contributed by atoms with Crippen molar-refractivity contribution in [2.45, 2.75) is 70.4 Å². The molecule has 26 heavy (non-hydrogen) atoms. The number of piperidine rings is 2. The van der Waals surface area contributed by atoms with Crippen molar-refractivity contribution < 1.29 is 19.5 Å². The molecule has 146 valence electrons. The van der Waals surface area contributed by atoms with Gasteiger partial charge in [-0.05, 0) is 38.0 Å². The fraction of sp³-hybridized carbons (Fsp3) is 0.842. The van der Waals surface area contributed by atoms with Gasteiger partial charge in [0.1, 0.15) is 6.04 Å². The van der Waals surface area contributed by atoms with Crippen LogP contribution in [-0.2, 0) is 9.59 Å². The van der Waals surface area contributed by atoms with Gasteiger partial charge in [-0.3, -0.25) is 9.59 Å². The molecule has 3 rings (SSSR count). The summed E-state index contributed by atoms with van der Waals surface area (Å²) in [5.74, 6) is -1.19. The van der Waals surface area contributed by atoms with Gasteiger partial charge in [0.2, 0.25) is 5.91 Å². The number of rotatable bonds is 3. The normalized spacial score (nSPS) is 31.0. The van der Waals surface area contributed by atoms with Gasteiger partial charge in [-0.1, -0.05) is 26.2 Å². The van der Waals surface area contributed by atoms with Crippen molar-refractivity contribution in [3.05, 3.63) is 0 Å². The molecule has 0 radical (unpaired) electrons. The highest BCUT2D eigenvalue weighted by atomic mass is 16.4. The molecule has 3 unspecified atom stereocenters. The summed E-state index contributed by atoms with van der Waals surface area (Å²) in [7, 11) is 0. The maximum Gasteiger partial charge on any atom is 0.318 e. The number of carboxylic acids is 1. The van der Waals surface area contributed by atoms with Gasteiger partial charge in [0.05, 0.1) is 5.92 Å². The summed E-state index contributed by atoms with van der Waals surface area (Å²) in [5, 5.41) is 12.2. The van der Waals surface area contributed by atoms with E-state index in [1.54, 1.807) is 4.90 Å². The third-order valence-electron chi connectivity index (χ3n) is 6.08. The lowest BCUT2D eigenvalue weighted by Crippen LogP contribution is -2.58. The SMILES string of the molecule is CC1CC(C(=O)O)CN(C(=O)NC2CCCN(C3CCCCC3)C2=O)C1. The Labute approximate surface area is 155 Å².